The molecule has 1 N–H and O–H groups in total. The van der Waals surface area contributed by atoms with Gasteiger partial charge in [-0.05, 0) is 50.8 Å². The second-order valence-electron chi connectivity index (χ2n) is 7.04. The summed E-state index contributed by atoms with van der Waals surface area (Å²) in [7, 11) is 1.55. The summed E-state index contributed by atoms with van der Waals surface area (Å²) >= 11 is 0. The van der Waals surface area contributed by atoms with Gasteiger partial charge in [-0.3, -0.25) is 14.4 Å². The third-order valence-electron chi connectivity index (χ3n) is 5.42. The molecule has 1 aliphatic rings. The van der Waals surface area contributed by atoms with E-state index >= 15 is 0 Å². The lowest BCUT2D eigenvalue weighted by molar-refractivity contribution is -0.135. The number of likely N-dealkylation sites (N-methyl/N-ethyl adjacent to an activating group) is 1. The van der Waals surface area contributed by atoms with Gasteiger partial charge in [0, 0.05) is 38.7 Å². The number of carbonyl (C=O) groups excluding carboxylic acids is 3. The van der Waals surface area contributed by atoms with Gasteiger partial charge >= 0.3 is 0 Å². The highest BCUT2D eigenvalue weighted by Crippen LogP contribution is 2.23. The van der Waals surface area contributed by atoms with Crippen molar-refractivity contribution < 1.29 is 19.1 Å². The maximum Gasteiger partial charge on any atom is 0.252 e. The van der Waals surface area contributed by atoms with Crippen molar-refractivity contribution in [3.8, 4) is 5.75 Å². The minimum absolute atomic E-state index is 0.00161. The van der Waals surface area contributed by atoms with Gasteiger partial charge in [0.2, 0.25) is 11.8 Å². The van der Waals surface area contributed by atoms with Crippen molar-refractivity contribution in [2.75, 3.05) is 33.3 Å². The van der Waals surface area contributed by atoms with Gasteiger partial charge in [-0.25, -0.2) is 0 Å². The maximum absolute atomic E-state index is 13.1. The summed E-state index contributed by atoms with van der Waals surface area (Å²) in [4.78, 5) is 41.1. The highest BCUT2D eigenvalue weighted by Gasteiger charge is 2.35. The van der Waals surface area contributed by atoms with E-state index in [0.717, 1.165) is 0 Å². The summed E-state index contributed by atoms with van der Waals surface area (Å²) in [5, 5.41) is 2.96. The zero-order valence-corrected chi connectivity index (χ0v) is 17.2. The zero-order chi connectivity index (χ0) is 20.7. The smallest absolute Gasteiger partial charge is 0.252 e. The van der Waals surface area contributed by atoms with Crippen LogP contribution >= 0.6 is 0 Å². The zero-order valence-electron chi connectivity index (χ0n) is 17.2. The quantitative estimate of drug-likeness (QED) is 0.773. The van der Waals surface area contributed by atoms with E-state index in [4.69, 9.17) is 4.74 Å². The summed E-state index contributed by atoms with van der Waals surface area (Å²) in [6, 6.07) is 6.28. The summed E-state index contributed by atoms with van der Waals surface area (Å²) in [6.45, 7) is 7.82. The van der Waals surface area contributed by atoms with Crippen LogP contribution in [0.25, 0.3) is 0 Å². The summed E-state index contributed by atoms with van der Waals surface area (Å²) in [5.41, 5.74) is 0.456. The number of likely N-dealkylation sites (tertiary alicyclic amines) is 1. The number of amides is 3. The van der Waals surface area contributed by atoms with Gasteiger partial charge < -0.3 is 19.9 Å². The van der Waals surface area contributed by atoms with E-state index in [0.29, 0.717) is 50.3 Å². The number of hydrogen-bond donors (Lipinski definition) is 1. The van der Waals surface area contributed by atoms with Gasteiger partial charge in [0.1, 0.15) is 11.8 Å². The average Bonchev–Trinajstić information content (AvgIpc) is 2.72. The Kier molecular flexibility index (Phi) is 7.84. The van der Waals surface area contributed by atoms with E-state index in [1.807, 2.05) is 13.8 Å². The third-order valence-corrected chi connectivity index (χ3v) is 5.42. The topological polar surface area (TPSA) is 79.0 Å². The van der Waals surface area contributed by atoms with E-state index in [1.54, 1.807) is 48.1 Å². The molecular weight excluding hydrogens is 358 g/mol. The second kappa shape index (κ2) is 10.1. The van der Waals surface area contributed by atoms with Gasteiger partial charge in [0.05, 0.1) is 7.11 Å². The molecule has 1 atom stereocenters. The second-order valence-corrected chi connectivity index (χ2v) is 7.04. The van der Waals surface area contributed by atoms with Crippen molar-refractivity contribution in [1.29, 1.82) is 0 Å². The Morgan fingerprint density at radius 2 is 1.86 bits per heavy atom. The molecule has 1 fully saturated rings. The third kappa shape index (κ3) is 5.24. The van der Waals surface area contributed by atoms with Crippen molar-refractivity contribution in [3.05, 3.63) is 29.8 Å². The fraction of sp³-hybridized carbons (Fsp3) is 0.571. The van der Waals surface area contributed by atoms with Gasteiger partial charge in [-0.1, -0.05) is 6.07 Å². The molecule has 0 bridgehead atoms. The maximum atomic E-state index is 13.1. The Hall–Kier alpha value is -2.57. The fourth-order valence-corrected chi connectivity index (χ4v) is 3.65. The first-order chi connectivity index (χ1) is 13.4. The van der Waals surface area contributed by atoms with Crippen LogP contribution in [-0.2, 0) is 9.59 Å². The van der Waals surface area contributed by atoms with E-state index in [-0.39, 0.29) is 23.6 Å². The van der Waals surface area contributed by atoms with Crippen LogP contribution in [0, 0.1) is 5.92 Å². The van der Waals surface area contributed by atoms with E-state index in [2.05, 4.69) is 5.32 Å². The fourth-order valence-electron chi connectivity index (χ4n) is 3.65. The molecule has 7 heteroatoms. The van der Waals surface area contributed by atoms with Crippen LogP contribution in [0.4, 0.5) is 0 Å². The van der Waals surface area contributed by atoms with Crippen LogP contribution in [0.3, 0.4) is 0 Å². The molecule has 28 heavy (non-hydrogen) atoms. The summed E-state index contributed by atoms with van der Waals surface area (Å²) < 4.78 is 5.19. The average molecular weight is 389 g/mol. The van der Waals surface area contributed by atoms with Crippen molar-refractivity contribution in [2.45, 2.75) is 39.7 Å². The Morgan fingerprint density at radius 3 is 2.39 bits per heavy atom. The van der Waals surface area contributed by atoms with Crippen LogP contribution in [0.1, 0.15) is 44.0 Å². The number of methoxy groups -OCH3 is 1. The Bertz CT molecular complexity index is 695. The van der Waals surface area contributed by atoms with Gasteiger partial charge in [-0.15, -0.1) is 0 Å². The molecule has 1 unspecified atom stereocenters. The van der Waals surface area contributed by atoms with Gasteiger partial charge in [-0.2, -0.15) is 0 Å². The molecule has 154 valence electrons. The molecule has 1 heterocycles. The molecule has 1 saturated heterocycles. The highest BCUT2D eigenvalue weighted by molar-refractivity contribution is 5.98. The molecule has 0 aliphatic carbocycles. The van der Waals surface area contributed by atoms with Crippen LogP contribution < -0.4 is 10.1 Å². The van der Waals surface area contributed by atoms with Crippen LogP contribution in [0.15, 0.2) is 24.3 Å². The minimum Gasteiger partial charge on any atom is -0.497 e. The van der Waals surface area contributed by atoms with E-state index in [1.165, 1.54) is 0 Å². The van der Waals surface area contributed by atoms with Crippen LogP contribution in [-0.4, -0.2) is 66.9 Å². The minimum atomic E-state index is -0.604. The Balaban J connectivity index is 2.19. The molecule has 2 rings (SSSR count). The number of piperidine rings is 1. The normalized spacial score (nSPS) is 15.6. The lowest BCUT2D eigenvalue weighted by atomic mass is 9.88. The largest absolute Gasteiger partial charge is 0.497 e. The molecule has 0 aromatic heterocycles. The molecule has 3 amide bonds. The van der Waals surface area contributed by atoms with Crippen LogP contribution in [0.2, 0.25) is 0 Å². The number of rotatable bonds is 7. The van der Waals surface area contributed by atoms with Crippen molar-refractivity contribution >= 4 is 17.7 Å². The predicted octanol–water partition coefficient (Wildman–Crippen LogP) is 1.92. The number of nitrogens with zero attached hydrogens (tertiary/aromatic N) is 2. The Morgan fingerprint density at radius 1 is 1.21 bits per heavy atom. The van der Waals surface area contributed by atoms with Crippen molar-refractivity contribution in [2.24, 2.45) is 5.92 Å². The molecule has 0 saturated carbocycles. The molecule has 1 aromatic carbocycles. The molecule has 0 spiro atoms. The van der Waals surface area contributed by atoms with E-state index in [9.17, 15) is 14.4 Å². The molecule has 7 nitrogen and oxygen atoms in total. The lowest BCUT2D eigenvalue weighted by Gasteiger charge is -2.37. The molecular formula is C21H31N3O4. The number of nitrogens with one attached hydrogen (secondary N) is 1. The number of ether oxygens (including phenoxy) is 1. The standard InChI is InChI=1S/C21H31N3O4/c1-5-23(6-2)21(27)19(16-10-12-24(13-11-16)15(3)25)22-20(26)17-8-7-9-18(14-17)28-4/h7-9,14,16,19H,5-6,10-13H2,1-4H3,(H,22,26). The predicted molar refractivity (Wildman–Crippen MR) is 107 cm³/mol. The molecule has 0 radical (unpaired) electrons. The molecule has 1 aromatic rings. The van der Waals surface area contributed by atoms with Gasteiger partial charge in [0.15, 0.2) is 0 Å². The van der Waals surface area contributed by atoms with E-state index < -0.39 is 6.04 Å². The lowest BCUT2D eigenvalue weighted by Crippen LogP contribution is -2.54. The summed E-state index contributed by atoms with van der Waals surface area (Å²) in [5.74, 6) is 0.277. The van der Waals surface area contributed by atoms with Gasteiger partial charge in [0.25, 0.3) is 5.91 Å². The number of hydrogen-bond acceptors (Lipinski definition) is 4. The summed E-state index contributed by atoms with van der Waals surface area (Å²) in [6.07, 6.45) is 1.38. The number of carbonyl (C=O) groups is 3. The highest BCUT2D eigenvalue weighted by atomic mass is 16.5. The first kappa shape index (κ1) is 21.7. The first-order valence-electron chi connectivity index (χ1n) is 9.90. The Labute approximate surface area is 167 Å². The number of benzene rings is 1. The SMILES string of the molecule is CCN(CC)C(=O)C(NC(=O)c1cccc(OC)c1)C1CCN(C(C)=O)CC1. The van der Waals surface area contributed by atoms with Crippen molar-refractivity contribution in [1.82, 2.24) is 15.1 Å². The van der Waals surface area contributed by atoms with Crippen molar-refractivity contribution in [3.63, 3.8) is 0 Å². The first-order valence-corrected chi connectivity index (χ1v) is 9.90. The molecule has 1 aliphatic heterocycles. The van der Waals surface area contributed by atoms with Crippen LogP contribution in [0.5, 0.6) is 5.75 Å². The monoisotopic (exact) mass is 389 g/mol.